The molecule has 0 amide bonds. The Labute approximate surface area is 157 Å². The van der Waals surface area contributed by atoms with Gasteiger partial charge in [-0.2, -0.15) is 0 Å². The molecule has 2 aromatic carbocycles. The monoisotopic (exact) mass is 412 g/mol. The van der Waals surface area contributed by atoms with Crippen molar-refractivity contribution in [1.82, 2.24) is 4.98 Å². The molecule has 3 aromatic rings. The third kappa shape index (κ3) is 3.72. The van der Waals surface area contributed by atoms with Gasteiger partial charge < -0.3 is 4.98 Å². The van der Waals surface area contributed by atoms with Crippen molar-refractivity contribution in [1.29, 1.82) is 0 Å². The Morgan fingerprint density at radius 1 is 1.00 bits per heavy atom. The van der Waals surface area contributed by atoms with E-state index in [1.165, 1.54) is 12.1 Å². The number of nitrogens with one attached hydrogen (secondary N) is 1. The minimum Gasteiger partial charge on any atom is -0.360 e. The topological polar surface area (TPSA) is 87.3 Å². The number of aromatic nitrogens is 1. The van der Waals surface area contributed by atoms with Gasteiger partial charge in [0.2, 0.25) is 0 Å². The number of rotatable bonds is 6. The summed E-state index contributed by atoms with van der Waals surface area (Å²) in [6.07, 6.45) is 2.64. The summed E-state index contributed by atoms with van der Waals surface area (Å²) in [5.74, 6) is -0.308. The Bertz CT molecular complexity index is 1140. The second-order valence-electron chi connectivity index (χ2n) is 5.86. The fourth-order valence-corrected chi connectivity index (χ4v) is 5.05. The van der Waals surface area contributed by atoms with Gasteiger partial charge in [0.25, 0.3) is 10.0 Å². The fourth-order valence-electron chi connectivity index (χ4n) is 2.67. The lowest BCUT2D eigenvalue weighted by atomic mass is 10.2. The molecule has 0 unspecified atom stereocenters. The van der Waals surface area contributed by atoms with Crippen molar-refractivity contribution in [2.75, 3.05) is 22.9 Å². The van der Waals surface area contributed by atoms with E-state index in [2.05, 4.69) is 4.98 Å². The molecule has 0 aliphatic heterocycles. The van der Waals surface area contributed by atoms with Gasteiger partial charge in [-0.1, -0.05) is 35.9 Å². The van der Waals surface area contributed by atoms with E-state index in [0.29, 0.717) is 21.6 Å². The van der Waals surface area contributed by atoms with Gasteiger partial charge in [0.1, 0.15) is 9.84 Å². The van der Waals surface area contributed by atoms with E-state index >= 15 is 0 Å². The summed E-state index contributed by atoms with van der Waals surface area (Å²) in [5.41, 5.74) is 1.00. The van der Waals surface area contributed by atoms with Gasteiger partial charge in [-0.25, -0.2) is 16.8 Å². The molecule has 138 valence electrons. The van der Waals surface area contributed by atoms with Crippen LogP contribution in [0.5, 0.6) is 0 Å². The van der Waals surface area contributed by atoms with Gasteiger partial charge in [0.15, 0.2) is 0 Å². The first-order chi connectivity index (χ1) is 12.2. The zero-order chi connectivity index (χ0) is 18.9. The first-order valence-corrected chi connectivity index (χ1v) is 11.6. The lowest BCUT2D eigenvalue weighted by Gasteiger charge is -2.25. The summed E-state index contributed by atoms with van der Waals surface area (Å²) in [6, 6.07) is 13.0. The first-order valence-electron chi connectivity index (χ1n) is 7.71. The minimum atomic E-state index is -3.97. The number of halogens is 1. The van der Waals surface area contributed by atoms with E-state index in [9.17, 15) is 16.8 Å². The van der Waals surface area contributed by atoms with Crippen molar-refractivity contribution in [2.45, 2.75) is 4.90 Å². The number of H-pyrrole nitrogens is 1. The molecule has 0 aliphatic rings. The van der Waals surface area contributed by atoms with Crippen LogP contribution in [0.15, 0.2) is 59.6 Å². The highest BCUT2D eigenvalue weighted by atomic mass is 35.5. The lowest BCUT2D eigenvalue weighted by Crippen LogP contribution is -2.35. The molecule has 0 saturated heterocycles. The van der Waals surface area contributed by atoms with Crippen molar-refractivity contribution in [2.24, 2.45) is 0 Å². The second-order valence-corrected chi connectivity index (χ2v) is 10.4. The molecule has 1 aromatic heterocycles. The largest absolute Gasteiger partial charge is 0.360 e. The Morgan fingerprint density at radius 2 is 1.69 bits per heavy atom. The van der Waals surface area contributed by atoms with Gasteiger partial charge in [-0.3, -0.25) is 4.31 Å². The normalized spacial score (nSPS) is 12.4. The number of sulfonamides is 1. The maximum Gasteiger partial charge on any atom is 0.264 e. The highest BCUT2D eigenvalue weighted by molar-refractivity contribution is 7.93. The van der Waals surface area contributed by atoms with Crippen LogP contribution in [0.2, 0.25) is 5.02 Å². The zero-order valence-corrected chi connectivity index (χ0v) is 16.3. The molecule has 9 heteroatoms. The van der Waals surface area contributed by atoms with Crippen LogP contribution in [0.1, 0.15) is 0 Å². The third-order valence-corrected chi connectivity index (χ3v) is 6.95. The summed E-state index contributed by atoms with van der Waals surface area (Å²) in [6.45, 7) is -0.212. The standard InChI is InChI=1S/C17H17ClN2O4S2/c1-25(21,22)11-10-20(26(23,24)13-6-3-2-4-7-13)16-9-5-8-15-17(16)14(18)12-19-15/h2-9,12,19H,10-11H2,1H3. The smallest absolute Gasteiger partial charge is 0.264 e. The molecule has 0 atom stereocenters. The summed E-state index contributed by atoms with van der Waals surface area (Å²) >= 11 is 6.24. The average molecular weight is 413 g/mol. The number of hydrogen-bond donors (Lipinski definition) is 1. The maximum absolute atomic E-state index is 13.2. The molecule has 1 N–H and O–H groups in total. The second kappa shape index (κ2) is 6.94. The highest BCUT2D eigenvalue weighted by Crippen LogP contribution is 2.35. The molecular weight excluding hydrogens is 396 g/mol. The summed E-state index contributed by atoms with van der Waals surface area (Å²) in [4.78, 5) is 3.06. The average Bonchev–Trinajstić information content (AvgIpc) is 2.97. The Morgan fingerprint density at radius 3 is 2.35 bits per heavy atom. The van der Waals surface area contributed by atoms with Crippen LogP contribution in [0, 0.1) is 0 Å². The van der Waals surface area contributed by atoms with Gasteiger partial charge in [0, 0.05) is 29.9 Å². The van der Waals surface area contributed by atoms with Crippen LogP contribution in [-0.2, 0) is 19.9 Å². The number of benzene rings is 2. The number of fused-ring (bicyclic) bond motifs is 1. The number of sulfone groups is 1. The molecule has 0 spiro atoms. The molecular formula is C17H17ClN2O4S2. The van der Waals surface area contributed by atoms with Crippen LogP contribution in [0.4, 0.5) is 5.69 Å². The van der Waals surface area contributed by atoms with E-state index in [-0.39, 0.29) is 17.2 Å². The first kappa shape index (κ1) is 18.8. The molecule has 3 rings (SSSR count). The van der Waals surface area contributed by atoms with Crippen molar-refractivity contribution < 1.29 is 16.8 Å². The fraction of sp³-hybridized carbons (Fsp3) is 0.176. The Balaban J connectivity index is 2.19. The van der Waals surface area contributed by atoms with Gasteiger partial charge in [0.05, 0.1) is 21.4 Å². The van der Waals surface area contributed by atoms with Crippen molar-refractivity contribution in [3.8, 4) is 0 Å². The molecule has 26 heavy (non-hydrogen) atoms. The van der Waals surface area contributed by atoms with Gasteiger partial charge in [-0.15, -0.1) is 0 Å². The van der Waals surface area contributed by atoms with Crippen LogP contribution >= 0.6 is 11.6 Å². The summed E-state index contributed by atoms with van der Waals surface area (Å²) in [5, 5.41) is 0.894. The SMILES string of the molecule is CS(=O)(=O)CCN(c1cccc2[nH]cc(Cl)c12)S(=O)(=O)c1ccccc1. The van der Waals surface area contributed by atoms with Crippen molar-refractivity contribution >= 4 is 48.1 Å². The van der Waals surface area contributed by atoms with E-state index < -0.39 is 19.9 Å². The molecule has 0 bridgehead atoms. The van der Waals surface area contributed by atoms with Crippen molar-refractivity contribution in [3.63, 3.8) is 0 Å². The molecule has 0 aliphatic carbocycles. The molecule has 0 fully saturated rings. The van der Waals surface area contributed by atoms with Crippen LogP contribution in [-0.4, -0.2) is 40.4 Å². The van der Waals surface area contributed by atoms with E-state index in [4.69, 9.17) is 11.6 Å². The molecule has 0 saturated carbocycles. The molecule has 6 nitrogen and oxygen atoms in total. The molecule has 1 heterocycles. The third-order valence-electron chi connectivity index (χ3n) is 3.90. The van der Waals surface area contributed by atoms with Crippen LogP contribution in [0.25, 0.3) is 10.9 Å². The van der Waals surface area contributed by atoms with E-state index in [1.807, 2.05) is 0 Å². The van der Waals surface area contributed by atoms with E-state index in [1.54, 1.807) is 42.6 Å². The quantitative estimate of drug-likeness (QED) is 0.674. The Kier molecular flexibility index (Phi) is 5.01. The van der Waals surface area contributed by atoms with Crippen LogP contribution in [0.3, 0.4) is 0 Å². The summed E-state index contributed by atoms with van der Waals surface area (Å²) in [7, 11) is -7.33. The number of aromatic amines is 1. The Hall–Kier alpha value is -2.03. The molecule has 0 radical (unpaired) electrons. The van der Waals surface area contributed by atoms with Crippen molar-refractivity contribution in [3.05, 3.63) is 59.8 Å². The highest BCUT2D eigenvalue weighted by Gasteiger charge is 2.28. The van der Waals surface area contributed by atoms with Crippen LogP contribution < -0.4 is 4.31 Å². The zero-order valence-electron chi connectivity index (χ0n) is 13.9. The van der Waals surface area contributed by atoms with E-state index in [0.717, 1.165) is 10.6 Å². The lowest BCUT2D eigenvalue weighted by molar-refractivity contribution is 0.590. The number of nitrogens with zero attached hydrogens (tertiary/aromatic N) is 1. The van der Waals surface area contributed by atoms with Gasteiger partial charge >= 0.3 is 0 Å². The summed E-state index contributed by atoms with van der Waals surface area (Å²) < 4.78 is 50.8. The minimum absolute atomic E-state index is 0.0807. The number of anilines is 1. The van der Waals surface area contributed by atoms with Gasteiger partial charge in [-0.05, 0) is 24.3 Å². The maximum atomic E-state index is 13.2. The predicted octanol–water partition coefficient (Wildman–Crippen LogP) is 3.06. The predicted molar refractivity (Wildman–Crippen MR) is 104 cm³/mol. The number of hydrogen-bond acceptors (Lipinski definition) is 4.